The minimum Gasteiger partial charge on any atom is -0.462 e. The second-order valence-corrected chi connectivity index (χ2v) is 11.3. The van der Waals surface area contributed by atoms with Gasteiger partial charge in [-0.05, 0) is 50.4 Å². The highest BCUT2D eigenvalue weighted by Crippen LogP contribution is 2.35. The molecule has 2 aromatic carbocycles. The summed E-state index contributed by atoms with van der Waals surface area (Å²) < 4.78 is 84.0. The Hall–Kier alpha value is -5.46. The summed E-state index contributed by atoms with van der Waals surface area (Å²) in [5, 5.41) is 13.9. The van der Waals surface area contributed by atoms with Gasteiger partial charge < -0.3 is 36.6 Å². The predicted molar refractivity (Wildman–Crippen MR) is 174 cm³/mol. The van der Waals surface area contributed by atoms with Crippen molar-refractivity contribution in [2.75, 3.05) is 61.9 Å². The van der Waals surface area contributed by atoms with Gasteiger partial charge in [-0.3, -0.25) is 14.2 Å². The van der Waals surface area contributed by atoms with Crippen LogP contribution in [0.3, 0.4) is 0 Å². The van der Waals surface area contributed by atoms with Gasteiger partial charge in [-0.25, -0.2) is 4.79 Å². The number of aryl methyl sites for hydroxylation is 2. The van der Waals surface area contributed by atoms with Gasteiger partial charge in [-0.15, -0.1) is 0 Å². The van der Waals surface area contributed by atoms with Crippen LogP contribution in [0.4, 0.5) is 60.7 Å². The zero-order valence-corrected chi connectivity index (χ0v) is 27.5. The van der Waals surface area contributed by atoms with Crippen molar-refractivity contribution in [3.8, 4) is 0 Å². The molecule has 1 amide bonds. The van der Waals surface area contributed by atoms with E-state index in [1.54, 1.807) is 32.1 Å². The molecule has 6 N–H and O–H groups in total. The zero-order valence-electron chi connectivity index (χ0n) is 27.5. The number of benzene rings is 2. The van der Waals surface area contributed by atoms with E-state index in [9.17, 15) is 35.9 Å². The van der Waals surface area contributed by atoms with Crippen LogP contribution in [0.15, 0.2) is 48.8 Å². The molecular formula is C31H36F6N10O3. The average molecular weight is 711 g/mol. The number of hydrogen-bond donors (Lipinski definition) is 4. The Morgan fingerprint density at radius 3 is 1.62 bits per heavy atom. The highest BCUT2D eigenvalue weighted by Gasteiger charge is 2.32. The maximum atomic E-state index is 12.8. The second kappa shape index (κ2) is 15.0. The number of nitrogens with zero attached hydrogens (tertiary/aromatic N) is 6. The summed E-state index contributed by atoms with van der Waals surface area (Å²) in [5.74, 6) is -0.358. The number of halogens is 6. The number of likely N-dealkylation sites (N-methyl/N-ethyl adjacent to an activating group) is 1. The fourth-order valence-electron chi connectivity index (χ4n) is 4.82. The molecule has 1 fully saturated rings. The van der Waals surface area contributed by atoms with E-state index in [0.29, 0.717) is 18.7 Å². The summed E-state index contributed by atoms with van der Waals surface area (Å²) in [6.07, 6.45) is -5.92. The number of hydrogen-bond acceptors (Lipinski definition) is 10. The number of carbonyl (C=O) groups is 2. The summed E-state index contributed by atoms with van der Waals surface area (Å²) in [4.78, 5) is 28.5. The Labute approximate surface area is 282 Å². The Bertz CT molecular complexity index is 1830. The second-order valence-electron chi connectivity index (χ2n) is 11.3. The first-order valence-electron chi connectivity index (χ1n) is 15.1. The molecule has 0 spiro atoms. The van der Waals surface area contributed by atoms with Crippen molar-refractivity contribution in [3.05, 3.63) is 71.0 Å². The van der Waals surface area contributed by atoms with Gasteiger partial charge in [0.25, 0.3) is 5.91 Å². The van der Waals surface area contributed by atoms with Crippen LogP contribution in [0.2, 0.25) is 0 Å². The van der Waals surface area contributed by atoms with Crippen molar-refractivity contribution in [2.45, 2.75) is 19.3 Å². The summed E-state index contributed by atoms with van der Waals surface area (Å²) in [5.41, 5.74) is 10.5. The van der Waals surface area contributed by atoms with E-state index >= 15 is 0 Å². The molecule has 19 heteroatoms. The Morgan fingerprint density at radius 2 is 1.20 bits per heavy atom. The minimum atomic E-state index is -4.48. The summed E-state index contributed by atoms with van der Waals surface area (Å²) >= 11 is 0. The van der Waals surface area contributed by atoms with Crippen molar-refractivity contribution in [1.29, 1.82) is 0 Å². The maximum Gasteiger partial charge on any atom is 0.416 e. The fraction of sp³-hybridized carbons (Fsp3) is 0.355. The number of carbonyl (C=O) groups excluding carboxylic acids is 2. The van der Waals surface area contributed by atoms with E-state index < -0.39 is 29.4 Å². The highest BCUT2D eigenvalue weighted by molar-refractivity contribution is 5.99. The molecule has 0 radical (unpaired) electrons. The van der Waals surface area contributed by atoms with Crippen molar-refractivity contribution < 1.29 is 40.7 Å². The van der Waals surface area contributed by atoms with Crippen LogP contribution in [-0.2, 0) is 31.2 Å². The number of nitrogen functional groups attached to an aromatic ring is 2. The number of anilines is 6. The Morgan fingerprint density at radius 1 is 0.760 bits per heavy atom. The molecule has 0 aliphatic carbocycles. The first kappa shape index (κ1) is 37.4. The molecule has 0 bridgehead atoms. The van der Waals surface area contributed by atoms with Gasteiger partial charge in [-0.2, -0.15) is 36.5 Å². The number of nitrogens with two attached hydrogens (primary N) is 2. The molecular weight excluding hydrogens is 674 g/mol. The van der Waals surface area contributed by atoms with Gasteiger partial charge >= 0.3 is 18.3 Å². The molecule has 0 unspecified atom stereocenters. The Kier molecular flexibility index (Phi) is 11.2. The van der Waals surface area contributed by atoms with Gasteiger partial charge in [0.1, 0.15) is 11.1 Å². The number of piperazine rings is 1. The molecule has 50 heavy (non-hydrogen) atoms. The molecule has 0 atom stereocenters. The number of rotatable bonds is 7. The van der Waals surface area contributed by atoms with Gasteiger partial charge in [0, 0.05) is 52.7 Å². The lowest BCUT2D eigenvalue weighted by Gasteiger charge is -2.32. The van der Waals surface area contributed by atoms with Crippen LogP contribution in [-0.4, -0.2) is 81.1 Å². The molecule has 13 nitrogen and oxygen atoms in total. The van der Waals surface area contributed by atoms with E-state index in [0.717, 1.165) is 37.4 Å². The molecule has 2 aromatic heterocycles. The van der Waals surface area contributed by atoms with Crippen molar-refractivity contribution in [2.24, 2.45) is 14.1 Å². The lowest BCUT2D eigenvalue weighted by molar-refractivity contribution is -0.138. The number of amides is 1. The topological polar surface area (TPSA) is 162 Å². The van der Waals surface area contributed by atoms with Crippen molar-refractivity contribution >= 4 is 46.3 Å². The van der Waals surface area contributed by atoms with Crippen LogP contribution < -0.4 is 22.1 Å². The fourth-order valence-corrected chi connectivity index (χ4v) is 4.82. The van der Waals surface area contributed by atoms with Crippen molar-refractivity contribution in [3.63, 3.8) is 0 Å². The van der Waals surface area contributed by atoms with Gasteiger partial charge in [0.2, 0.25) is 0 Å². The SMILES string of the molecule is CCOC(=O)c1cn(C)nc1Nc1ccc(C(F)(F)F)cc1N.CN1CCN(C(=O)c2cn(C)nc2Nc2ccc(C(F)(F)F)cc2N)CC1. The lowest BCUT2D eigenvalue weighted by atomic mass is 10.1. The van der Waals surface area contributed by atoms with Crippen molar-refractivity contribution in [1.82, 2.24) is 29.4 Å². The van der Waals surface area contributed by atoms with Crippen LogP contribution >= 0.6 is 0 Å². The lowest BCUT2D eigenvalue weighted by Crippen LogP contribution is -2.47. The number of alkyl halides is 6. The van der Waals surface area contributed by atoms with Crippen LogP contribution in [0.25, 0.3) is 0 Å². The quantitative estimate of drug-likeness (QED) is 0.116. The zero-order chi connectivity index (χ0) is 37.0. The summed E-state index contributed by atoms with van der Waals surface area (Å²) in [6.45, 7) is 4.62. The third kappa shape index (κ3) is 9.16. The molecule has 3 heterocycles. The monoisotopic (exact) mass is 710 g/mol. The van der Waals surface area contributed by atoms with E-state index in [1.165, 1.54) is 27.7 Å². The Balaban J connectivity index is 0.000000228. The number of ether oxygens (including phenoxy) is 1. The van der Waals surface area contributed by atoms with E-state index in [2.05, 4.69) is 25.7 Å². The minimum absolute atomic E-state index is 0.0755. The van der Waals surface area contributed by atoms with E-state index in [4.69, 9.17) is 16.2 Å². The molecule has 1 saturated heterocycles. The average Bonchev–Trinajstić information content (AvgIpc) is 3.59. The summed E-state index contributed by atoms with van der Waals surface area (Å²) in [6, 6.07) is 5.91. The largest absolute Gasteiger partial charge is 0.462 e. The predicted octanol–water partition coefficient (Wildman–Crippen LogP) is 5.09. The molecule has 1 aliphatic heterocycles. The third-order valence-corrected chi connectivity index (χ3v) is 7.44. The highest BCUT2D eigenvalue weighted by atomic mass is 19.4. The molecule has 0 saturated carbocycles. The molecule has 4 aromatic rings. The van der Waals surface area contributed by atoms with Gasteiger partial charge in [0.05, 0.1) is 40.5 Å². The first-order valence-corrected chi connectivity index (χ1v) is 15.1. The molecule has 270 valence electrons. The smallest absolute Gasteiger partial charge is 0.416 e. The standard InChI is InChI=1S/C17H21F3N6O.C14H15F3N4O2/c1-24-5-7-26(8-6-24)16(27)12-10-25(2)23-15(12)22-14-4-3-11(9-13(14)21)17(18,19)20;1-3-23-13(22)9-7-21(2)20-12(9)19-11-5-4-8(6-10(11)18)14(15,16)17/h3-4,9-10H,5-8,21H2,1-2H3,(H,22,23);4-7H,3,18H2,1-2H3,(H,19,20). The molecule has 5 rings (SSSR count). The maximum absolute atomic E-state index is 12.8. The van der Waals surface area contributed by atoms with E-state index in [-0.39, 0.29) is 52.5 Å². The van der Waals surface area contributed by atoms with E-state index in [1.807, 2.05) is 7.05 Å². The number of aromatic nitrogens is 4. The summed E-state index contributed by atoms with van der Waals surface area (Å²) in [7, 11) is 5.26. The van der Waals surface area contributed by atoms with Crippen LogP contribution in [0, 0.1) is 0 Å². The molecule has 1 aliphatic rings. The number of nitrogens with one attached hydrogen (secondary N) is 2. The third-order valence-electron chi connectivity index (χ3n) is 7.44. The van der Waals surface area contributed by atoms with Gasteiger partial charge in [-0.1, -0.05) is 0 Å². The van der Waals surface area contributed by atoms with Crippen LogP contribution in [0.1, 0.15) is 38.8 Å². The van der Waals surface area contributed by atoms with Gasteiger partial charge in [0.15, 0.2) is 11.6 Å². The normalized spacial score (nSPS) is 13.8. The first-order chi connectivity index (χ1) is 23.4. The van der Waals surface area contributed by atoms with Crippen LogP contribution in [0.5, 0.6) is 0 Å². The number of esters is 1.